The van der Waals surface area contributed by atoms with Crippen molar-refractivity contribution in [2.75, 3.05) is 0 Å². The van der Waals surface area contributed by atoms with Gasteiger partial charge < -0.3 is 4.65 Å². The van der Waals surface area contributed by atoms with Gasteiger partial charge in [0.05, 0.1) is 0 Å². The van der Waals surface area contributed by atoms with Crippen LogP contribution < -0.4 is 10.1 Å². The third-order valence-corrected chi connectivity index (χ3v) is 2.72. The van der Waals surface area contributed by atoms with Crippen molar-refractivity contribution in [1.29, 1.82) is 0 Å². The van der Waals surface area contributed by atoms with Gasteiger partial charge in [0, 0.05) is 0 Å². The van der Waals surface area contributed by atoms with Gasteiger partial charge in [0.15, 0.2) is 0 Å². The number of hydrogen-bond acceptors (Lipinski definition) is 2. The first-order valence-electron chi connectivity index (χ1n) is 6.75. The van der Waals surface area contributed by atoms with Gasteiger partial charge in [-0.25, -0.2) is 0 Å². The Balaban J connectivity index is 2.82. The Morgan fingerprint density at radius 1 is 1.00 bits per heavy atom. The summed E-state index contributed by atoms with van der Waals surface area (Å²) in [5.41, 5.74) is -0.0440. The molecular formula is C15H23BO2. The van der Waals surface area contributed by atoms with Crippen molar-refractivity contribution in [3.8, 4) is 5.75 Å². The minimum absolute atomic E-state index is 0.0440. The largest absolute Gasteiger partial charge is 0.558 e. The fourth-order valence-corrected chi connectivity index (χ4v) is 2.04. The molecule has 0 atom stereocenters. The van der Waals surface area contributed by atoms with Gasteiger partial charge in [0.2, 0.25) is 5.43 Å². The maximum Gasteiger partial charge on any atom is 0.358 e. The molecule has 2 nitrogen and oxygen atoms in total. The molecule has 1 aromatic rings. The van der Waals surface area contributed by atoms with Crippen LogP contribution in [0.5, 0.6) is 5.75 Å². The first-order chi connectivity index (χ1) is 8.49. The summed E-state index contributed by atoms with van der Waals surface area (Å²) in [6.07, 6.45) is 1.96. The quantitative estimate of drug-likeness (QED) is 0.715. The predicted molar refractivity (Wildman–Crippen MR) is 78.4 cm³/mol. The molecule has 0 spiro atoms. The summed E-state index contributed by atoms with van der Waals surface area (Å²) < 4.78 is 5.91. The second-order valence-corrected chi connectivity index (χ2v) is 5.64. The van der Waals surface area contributed by atoms with E-state index in [1.807, 2.05) is 12.1 Å². The fourth-order valence-electron chi connectivity index (χ4n) is 2.04. The minimum Gasteiger partial charge on any atom is -0.558 e. The summed E-state index contributed by atoms with van der Waals surface area (Å²) in [5.74, 6) is 1.61. The molecule has 0 saturated carbocycles. The molecule has 0 aliphatic heterocycles. The van der Waals surface area contributed by atoms with Crippen LogP contribution in [-0.4, -0.2) is 6.92 Å². The van der Waals surface area contributed by atoms with Crippen molar-refractivity contribution in [2.24, 2.45) is 11.8 Å². The van der Waals surface area contributed by atoms with Crippen molar-refractivity contribution in [3.05, 3.63) is 40.6 Å². The van der Waals surface area contributed by atoms with Crippen LogP contribution in [0.25, 0.3) is 0 Å². The van der Waals surface area contributed by atoms with E-state index in [0.29, 0.717) is 17.6 Å². The fraction of sp³-hybridized carbons (Fsp3) is 0.533. The van der Waals surface area contributed by atoms with Crippen molar-refractivity contribution in [3.63, 3.8) is 0 Å². The summed E-state index contributed by atoms with van der Waals surface area (Å²) >= 11 is 0. The third-order valence-electron chi connectivity index (χ3n) is 2.72. The average molecular weight is 246 g/mol. The van der Waals surface area contributed by atoms with Crippen molar-refractivity contribution >= 4 is 6.92 Å². The lowest BCUT2D eigenvalue weighted by Crippen LogP contribution is -2.27. The van der Waals surface area contributed by atoms with Gasteiger partial charge in [-0.15, -0.1) is 0 Å². The molecule has 0 bridgehead atoms. The van der Waals surface area contributed by atoms with Gasteiger partial charge in [-0.3, -0.25) is 4.79 Å². The Kier molecular flexibility index (Phi) is 5.96. The van der Waals surface area contributed by atoms with Crippen LogP contribution in [0.3, 0.4) is 0 Å². The number of rotatable bonds is 6. The lowest BCUT2D eigenvalue weighted by atomic mass is 9.56. The van der Waals surface area contributed by atoms with Gasteiger partial charge in [0.25, 0.3) is 0 Å². The van der Waals surface area contributed by atoms with Crippen LogP contribution >= 0.6 is 0 Å². The second kappa shape index (κ2) is 7.25. The molecule has 0 aromatic heterocycles. The zero-order valence-corrected chi connectivity index (χ0v) is 11.8. The van der Waals surface area contributed by atoms with Crippen LogP contribution in [0.2, 0.25) is 12.6 Å². The summed E-state index contributed by atoms with van der Waals surface area (Å²) in [6, 6.07) is 8.74. The highest BCUT2D eigenvalue weighted by Gasteiger charge is 2.21. The highest BCUT2D eigenvalue weighted by atomic mass is 16.4. The van der Waals surface area contributed by atoms with E-state index in [-0.39, 0.29) is 12.3 Å². The Hall–Kier alpha value is -1.25. The monoisotopic (exact) mass is 246 g/mol. The Labute approximate surface area is 110 Å². The van der Waals surface area contributed by atoms with E-state index in [9.17, 15) is 4.79 Å². The Morgan fingerprint density at radius 2 is 1.56 bits per heavy atom. The molecule has 98 valence electrons. The summed E-state index contributed by atoms with van der Waals surface area (Å²) in [4.78, 5) is 11.8. The van der Waals surface area contributed by atoms with Gasteiger partial charge >= 0.3 is 6.92 Å². The summed E-state index contributed by atoms with van der Waals surface area (Å²) in [6.45, 7) is 8.85. The smallest absolute Gasteiger partial charge is 0.358 e. The molecule has 0 aliphatic carbocycles. The van der Waals surface area contributed by atoms with E-state index < -0.39 is 0 Å². The summed E-state index contributed by atoms with van der Waals surface area (Å²) in [5, 5.41) is 0. The van der Waals surface area contributed by atoms with Crippen LogP contribution in [-0.2, 0) is 0 Å². The maximum atomic E-state index is 11.8. The summed E-state index contributed by atoms with van der Waals surface area (Å²) in [7, 11) is 0. The number of hydrogen-bond donors (Lipinski definition) is 0. The molecule has 0 amide bonds. The topological polar surface area (TPSA) is 26.3 Å². The molecule has 1 aromatic carbocycles. The maximum absolute atomic E-state index is 11.8. The van der Waals surface area contributed by atoms with Crippen LogP contribution in [0.1, 0.15) is 27.7 Å². The molecule has 18 heavy (non-hydrogen) atoms. The predicted octanol–water partition coefficient (Wildman–Crippen LogP) is 3.73. The lowest BCUT2D eigenvalue weighted by molar-refractivity contribution is 0.523. The van der Waals surface area contributed by atoms with E-state index in [1.54, 1.807) is 18.2 Å². The van der Waals surface area contributed by atoms with Gasteiger partial charge in [-0.05, 0) is 24.8 Å². The Bertz CT molecular complexity index is 405. The van der Waals surface area contributed by atoms with E-state index in [1.165, 1.54) is 0 Å². The van der Waals surface area contributed by atoms with E-state index >= 15 is 0 Å². The van der Waals surface area contributed by atoms with Crippen LogP contribution in [0, 0.1) is 11.8 Å². The molecule has 0 fully saturated rings. The molecular weight excluding hydrogens is 223 g/mol. The average Bonchev–Trinajstić information content (AvgIpc) is 2.42. The Morgan fingerprint density at radius 3 is 2.11 bits per heavy atom. The van der Waals surface area contributed by atoms with Crippen LogP contribution in [0.4, 0.5) is 0 Å². The SMILES string of the molecule is CC(C)CB(CC(C)C)Oc1cccccc1=O. The normalized spacial score (nSPS) is 10.8. The van der Waals surface area contributed by atoms with Gasteiger partial charge in [-0.1, -0.05) is 57.7 Å². The van der Waals surface area contributed by atoms with Gasteiger partial charge in [0.1, 0.15) is 5.75 Å². The lowest BCUT2D eigenvalue weighted by Gasteiger charge is -2.18. The molecule has 1 rings (SSSR count). The molecule has 0 unspecified atom stereocenters. The van der Waals surface area contributed by atoms with E-state index in [4.69, 9.17) is 4.65 Å². The van der Waals surface area contributed by atoms with E-state index in [2.05, 4.69) is 27.7 Å². The molecule has 0 heterocycles. The zero-order chi connectivity index (χ0) is 13.5. The molecule has 0 aliphatic rings. The van der Waals surface area contributed by atoms with Gasteiger partial charge in [-0.2, -0.15) is 0 Å². The zero-order valence-electron chi connectivity index (χ0n) is 11.8. The molecule has 0 radical (unpaired) electrons. The van der Waals surface area contributed by atoms with Crippen molar-refractivity contribution in [2.45, 2.75) is 40.3 Å². The van der Waals surface area contributed by atoms with Crippen LogP contribution in [0.15, 0.2) is 35.1 Å². The first-order valence-corrected chi connectivity index (χ1v) is 6.75. The molecule has 3 heteroatoms. The first kappa shape index (κ1) is 14.8. The second-order valence-electron chi connectivity index (χ2n) is 5.64. The standard InChI is InChI=1S/C15H23BO2/c1-12(2)10-16(11-13(3)4)18-15-9-7-5-6-8-14(15)17/h5-9,12-13H,10-11H2,1-4H3. The highest BCUT2D eigenvalue weighted by molar-refractivity contribution is 6.52. The third kappa shape index (κ3) is 5.39. The van der Waals surface area contributed by atoms with Crippen molar-refractivity contribution < 1.29 is 4.65 Å². The molecule has 0 N–H and O–H groups in total. The molecule has 0 saturated heterocycles. The highest BCUT2D eigenvalue weighted by Crippen LogP contribution is 2.17. The van der Waals surface area contributed by atoms with E-state index in [0.717, 1.165) is 12.6 Å². The minimum atomic E-state index is -0.0440. The van der Waals surface area contributed by atoms with Crippen molar-refractivity contribution in [1.82, 2.24) is 0 Å².